The minimum atomic E-state index is -0.465. The summed E-state index contributed by atoms with van der Waals surface area (Å²) in [6.07, 6.45) is 0. The molecule has 0 saturated carbocycles. The summed E-state index contributed by atoms with van der Waals surface area (Å²) in [5, 5.41) is 0.615. The molecule has 0 spiro atoms. The highest BCUT2D eigenvalue weighted by Gasteiger charge is 2.48. The third-order valence-electron chi connectivity index (χ3n) is 6.88. The molecule has 0 fully saturated rings. The van der Waals surface area contributed by atoms with E-state index in [1.54, 1.807) is 6.07 Å². The normalized spacial score (nSPS) is 14.1. The van der Waals surface area contributed by atoms with Crippen molar-refractivity contribution in [2.45, 2.75) is 5.41 Å². The number of ether oxygens (including phenoxy) is 2. The third kappa shape index (κ3) is 2.57. The molecule has 0 N–H and O–H groups in total. The van der Waals surface area contributed by atoms with Crippen LogP contribution in [0.2, 0.25) is 5.02 Å². The summed E-state index contributed by atoms with van der Waals surface area (Å²) >= 11 is 6.20. The second-order valence-corrected chi connectivity index (χ2v) is 9.07. The average Bonchev–Trinajstić information content (AvgIpc) is 3.20. The van der Waals surface area contributed by atoms with Gasteiger partial charge in [0.25, 0.3) is 0 Å². The molecule has 1 aliphatic heterocycles. The molecule has 162 valence electrons. The van der Waals surface area contributed by atoms with E-state index in [2.05, 4.69) is 91.0 Å². The number of benzene rings is 5. The topological polar surface area (TPSA) is 18.5 Å². The van der Waals surface area contributed by atoms with Gasteiger partial charge in [-0.1, -0.05) is 103 Å². The lowest BCUT2D eigenvalue weighted by Crippen LogP contribution is -2.28. The highest BCUT2D eigenvalue weighted by Crippen LogP contribution is 2.62. The average molecular weight is 459 g/mol. The first kappa shape index (κ1) is 19.5. The van der Waals surface area contributed by atoms with E-state index >= 15 is 0 Å². The maximum absolute atomic E-state index is 6.51. The Morgan fingerprint density at radius 3 is 1.91 bits per heavy atom. The number of fused-ring (bicyclic) bond motifs is 6. The molecule has 34 heavy (non-hydrogen) atoms. The molecule has 1 heterocycles. The molecule has 0 atom stereocenters. The van der Waals surface area contributed by atoms with E-state index in [-0.39, 0.29) is 0 Å². The minimum Gasteiger partial charge on any atom is -0.449 e. The maximum Gasteiger partial charge on any atom is 0.178 e. The third-order valence-corrected chi connectivity index (χ3v) is 7.11. The summed E-state index contributed by atoms with van der Waals surface area (Å²) in [4.78, 5) is 0. The second kappa shape index (κ2) is 7.24. The lowest BCUT2D eigenvalue weighted by Gasteiger charge is -2.34. The molecule has 7 rings (SSSR count). The molecular formula is C31H19ClO2. The predicted molar refractivity (Wildman–Crippen MR) is 135 cm³/mol. The first-order valence-electron chi connectivity index (χ1n) is 11.3. The fourth-order valence-corrected chi connectivity index (χ4v) is 5.70. The van der Waals surface area contributed by atoms with Crippen LogP contribution in [0.4, 0.5) is 0 Å². The van der Waals surface area contributed by atoms with Crippen LogP contribution in [0.3, 0.4) is 0 Å². The van der Waals surface area contributed by atoms with Crippen LogP contribution in [0.15, 0.2) is 115 Å². The van der Waals surface area contributed by atoms with E-state index in [0.717, 1.165) is 16.9 Å². The van der Waals surface area contributed by atoms with Gasteiger partial charge in [0.2, 0.25) is 0 Å². The zero-order valence-corrected chi connectivity index (χ0v) is 18.9. The first-order chi connectivity index (χ1) is 16.8. The summed E-state index contributed by atoms with van der Waals surface area (Å²) in [7, 11) is 0. The monoisotopic (exact) mass is 458 g/mol. The van der Waals surface area contributed by atoms with E-state index in [9.17, 15) is 0 Å². The molecule has 3 heteroatoms. The maximum atomic E-state index is 6.51. The van der Waals surface area contributed by atoms with Crippen molar-refractivity contribution in [1.29, 1.82) is 0 Å². The molecule has 2 aliphatic rings. The van der Waals surface area contributed by atoms with Crippen LogP contribution in [-0.4, -0.2) is 0 Å². The van der Waals surface area contributed by atoms with Crippen molar-refractivity contribution in [2.24, 2.45) is 0 Å². The number of hydrogen-bond acceptors (Lipinski definition) is 2. The van der Waals surface area contributed by atoms with E-state index in [4.69, 9.17) is 21.1 Å². The van der Waals surface area contributed by atoms with E-state index in [0.29, 0.717) is 22.3 Å². The largest absolute Gasteiger partial charge is 0.449 e. The van der Waals surface area contributed by atoms with Gasteiger partial charge in [0.1, 0.15) is 0 Å². The van der Waals surface area contributed by atoms with Crippen LogP contribution in [0.25, 0.3) is 11.1 Å². The number of rotatable bonds is 2. The lowest BCUT2D eigenvalue weighted by molar-refractivity contribution is 0.360. The summed E-state index contributed by atoms with van der Waals surface area (Å²) in [6, 6.07) is 39.7. The molecule has 0 amide bonds. The Morgan fingerprint density at radius 1 is 0.529 bits per heavy atom. The Kier molecular flexibility index (Phi) is 4.15. The summed E-state index contributed by atoms with van der Waals surface area (Å²) < 4.78 is 12.8. The Morgan fingerprint density at radius 2 is 1.18 bits per heavy atom. The zero-order chi connectivity index (χ0) is 22.7. The van der Waals surface area contributed by atoms with Crippen LogP contribution >= 0.6 is 11.6 Å². The number of hydrogen-bond donors (Lipinski definition) is 0. The lowest BCUT2D eigenvalue weighted by atomic mass is 9.68. The molecule has 1 aliphatic carbocycles. The van der Waals surface area contributed by atoms with Crippen LogP contribution in [0, 0.1) is 0 Å². The van der Waals surface area contributed by atoms with E-state index in [1.165, 1.54) is 22.3 Å². The molecule has 0 unspecified atom stereocenters. The Hall–Kier alpha value is -4.01. The van der Waals surface area contributed by atoms with Gasteiger partial charge in [0, 0.05) is 16.7 Å². The van der Waals surface area contributed by atoms with Gasteiger partial charge in [0.15, 0.2) is 23.0 Å². The molecule has 0 aromatic heterocycles. The highest BCUT2D eigenvalue weighted by atomic mass is 35.5. The van der Waals surface area contributed by atoms with Crippen molar-refractivity contribution in [3.05, 3.63) is 143 Å². The molecular weight excluding hydrogens is 440 g/mol. The van der Waals surface area contributed by atoms with Crippen LogP contribution in [0.1, 0.15) is 22.3 Å². The van der Waals surface area contributed by atoms with Gasteiger partial charge >= 0.3 is 0 Å². The van der Waals surface area contributed by atoms with Gasteiger partial charge in [-0.25, -0.2) is 0 Å². The zero-order valence-electron chi connectivity index (χ0n) is 18.2. The Bertz CT molecular complexity index is 1520. The van der Waals surface area contributed by atoms with Gasteiger partial charge in [-0.2, -0.15) is 0 Å². The van der Waals surface area contributed by atoms with Gasteiger partial charge in [-0.15, -0.1) is 0 Å². The molecule has 2 nitrogen and oxygen atoms in total. The molecule has 0 saturated heterocycles. The van der Waals surface area contributed by atoms with E-state index in [1.807, 2.05) is 18.2 Å². The van der Waals surface area contributed by atoms with Crippen molar-refractivity contribution < 1.29 is 9.47 Å². The number of halogens is 1. The van der Waals surface area contributed by atoms with Gasteiger partial charge in [-0.3, -0.25) is 0 Å². The second-order valence-electron chi connectivity index (χ2n) is 8.64. The Labute approximate surface area is 203 Å². The van der Waals surface area contributed by atoms with Crippen molar-refractivity contribution in [1.82, 2.24) is 0 Å². The molecule has 0 bridgehead atoms. The van der Waals surface area contributed by atoms with Crippen molar-refractivity contribution in [3.63, 3.8) is 0 Å². The molecule has 0 radical (unpaired) electrons. The van der Waals surface area contributed by atoms with Crippen molar-refractivity contribution in [3.8, 4) is 34.1 Å². The highest BCUT2D eigenvalue weighted by molar-refractivity contribution is 6.30. The van der Waals surface area contributed by atoms with E-state index < -0.39 is 5.41 Å². The summed E-state index contributed by atoms with van der Waals surface area (Å²) in [6.45, 7) is 0. The van der Waals surface area contributed by atoms with Gasteiger partial charge in [0.05, 0.1) is 5.41 Å². The molecule has 5 aromatic carbocycles. The molecule has 5 aromatic rings. The fraction of sp³-hybridized carbons (Fsp3) is 0.0323. The van der Waals surface area contributed by atoms with Crippen LogP contribution in [-0.2, 0) is 5.41 Å². The smallest absolute Gasteiger partial charge is 0.178 e. The van der Waals surface area contributed by atoms with Gasteiger partial charge < -0.3 is 9.47 Å². The predicted octanol–water partition coefficient (Wildman–Crippen LogP) is 8.60. The van der Waals surface area contributed by atoms with Gasteiger partial charge in [-0.05, 0) is 46.0 Å². The fourth-order valence-electron chi connectivity index (χ4n) is 5.54. The summed E-state index contributed by atoms with van der Waals surface area (Å²) in [5.74, 6) is 2.73. The summed E-state index contributed by atoms with van der Waals surface area (Å²) in [5.41, 5.74) is 6.62. The standard InChI is InChI=1S/C31H19ClO2/c32-22-15-17-26-28(19-22)33-27-18-16-25-29(30(27)34-26)23-13-7-8-14-24(23)31(25,20-9-3-1-4-10-20)21-11-5-2-6-12-21/h1-19H. The first-order valence-corrected chi connectivity index (χ1v) is 11.7. The van der Waals surface area contributed by atoms with Crippen LogP contribution < -0.4 is 9.47 Å². The Balaban J connectivity index is 1.58. The minimum absolute atomic E-state index is 0.465. The van der Waals surface area contributed by atoms with Crippen molar-refractivity contribution >= 4 is 11.6 Å². The SMILES string of the molecule is Clc1ccc2c(c1)Oc1ccc3c(c1O2)-c1ccccc1C3(c1ccccc1)c1ccccc1. The van der Waals surface area contributed by atoms with Crippen molar-refractivity contribution in [2.75, 3.05) is 0 Å². The van der Waals surface area contributed by atoms with Crippen LogP contribution in [0.5, 0.6) is 23.0 Å². The quantitative estimate of drug-likeness (QED) is 0.258.